The molecule has 0 aromatic heterocycles. The van der Waals surface area contributed by atoms with E-state index in [4.69, 9.17) is 9.84 Å². The summed E-state index contributed by atoms with van der Waals surface area (Å²) in [7, 11) is -3.55. The van der Waals surface area contributed by atoms with Gasteiger partial charge in [0, 0.05) is 11.6 Å². The number of halogens is 1. The van der Waals surface area contributed by atoms with E-state index in [-0.39, 0.29) is 17.9 Å². The third-order valence-corrected chi connectivity index (χ3v) is 6.05. The number of carboxylic acids is 1. The Morgan fingerprint density at radius 3 is 2.75 bits per heavy atom. The van der Waals surface area contributed by atoms with Crippen molar-refractivity contribution < 1.29 is 27.4 Å². The Morgan fingerprint density at radius 2 is 2.07 bits per heavy atom. The highest BCUT2D eigenvalue weighted by molar-refractivity contribution is 7.89. The largest absolute Gasteiger partial charge is 0.493 e. The van der Waals surface area contributed by atoms with Gasteiger partial charge >= 0.3 is 5.97 Å². The van der Waals surface area contributed by atoms with Crippen molar-refractivity contribution in [3.63, 3.8) is 0 Å². The van der Waals surface area contributed by atoms with E-state index in [0.717, 1.165) is 12.8 Å². The number of aliphatic carboxylic acids is 1. The van der Waals surface area contributed by atoms with E-state index in [1.807, 2.05) is 0 Å². The summed E-state index contributed by atoms with van der Waals surface area (Å²) in [5.41, 5.74) is 0.259. The van der Waals surface area contributed by atoms with Crippen LogP contribution in [0.4, 0.5) is 4.39 Å². The molecule has 0 heterocycles. The molecule has 1 saturated carbocycles. The fraction of sp³-hybridized carbons (Fsp3) is 0.632. The minimum absolute atomic E-state index is 0.0598. The summed E-state index contributed by atoms with van der Waals surface area (Å²) in [6, 6.07) is 3.71. The molecule has 3 N–H and O–H groups in total. The Hall–Kier alpha value is -1.71. The van der Waals surface area contributed by atoms with E-state index < -0.39 is 27.9 Å². The van der Waals surface area contributed by atoms with Gasteiger partial charge in [-0.1, -0.05) is 6.42 Å². The highest BCUT2D eigenvalue weighted by Gasteiger charge is 2.23. The molecule has 0 radical (unpaired) electrons. The first kappa shape index (κ1) is 22.6. The normalized spacial score (nSPS) is 15.4. The Kier molecular flexibility index (Phi) is 8.65. The first-order chi connectivity index (χ1) is 13.3. The van der Waals surface area contributed by atoms with Gasteiger partial charge in [0.15, 0.2) is 0 Å². The van der Waals surface area contributed by atoms with Gasteiger partial charge < -0.3 is 15.2 Å². The number of carbonyl (C=O) groups is 1. The van der Waals surface area contributed by atoms with Crippen LogP contribution >= 0.6 is 0 Å². The Morgan fingerprint density at radius 1 is 1.32 bits per heavy atom. The lowest BCUT2D eigenvalue weighted by molar-refractivity contribution is -0.135. The van der Waals surface area contributed by atoms with Crippen molar-refractivity contribution in [3.05, 3.63) is 29.6 Å². The van der Waals surface area contributed by atoms with E-state index in [9.17, 15) is 17.6 Å². The molecular weight excluding hydrogens is 387 g/mol. The molecule has 0 spiro atoms. The zero-order chi connectivity index (χ0) is 20.6. The summed E-state index contributed by atoms with van der Waals surface area (Å²) in [5.74, 6) is -0.337. The highest BCUT2D eigenvalue weighted by atomic mass is 32.2. The SMILES string of the molecule is CC(NS(=O)(=O)CCCCCNCC(=O)O)c1cc(OCC2CC2)ccc1F. The van der Waals surface area contributed by atoms with Crippen LogP contribution in [0, 0.1) is 11.7 Å². The molecule has 7 nitrogen and oxygen atoms in total. The predicted octanol–water partition coefficient (Wildman–Crippen LogP) is 2.44. The molecular formula is C19H29FN2O5S. The number of sulfonamides is 1. The summed E-state index contributed by atoms with van der Waals surface area (Å²) in [6.07, 6.45) is 4.09. The van der Waals surface area contributed by atoms with Crippen molar-refractivity contribution in [2.75, 3.05) is 25.4 Å². The van der Waals surface area contributed by atoms with Crippen LogP contribution in [-0.2, 0) is 14.8 Å². The zero-order valence-corrected chi connectivity index (χ0v) is 16.9. The third-order valence-electron chi connectivity index (χ3n) is 4.52. The molecule has 158 valence electrons. The maximum absolute atomic E-state index is 14.1. The quantitative estimate of drug-likeness (QED) is 0.403. The molecule has 1 fully saturated rings. The highest BCUT2D eigenvalue weighted by Crippen LogP contribution is 2.30. The molecule has 1 aromatic rings. The lowest BCUT2D eigenvalue weighted by Crippen LogP contribution is -2.29. The Labute approximate surface area is 165 Å². The molecule has 1 atom stereocenters. The summed E-state index contributed by atoms with van der Waals surface area (Å²) in [5, 5.41) is 11.3. The van der Waals surface area contributed by atoms with Crippen LogP contribution in [-0.4, -0.2) is 44.9 Å². The lowest BCUT2D eigenvalue weighted by atomic mass is 10.1. The molecule has 0 saturated heterocycles. The lowest BCUT2D eigenvalue weighted by Gasteiger charge is -2.17. The summed E-state index contributed by atoms with van der Waals surface area (Å²) in [4.78, 5) is 10.4. The summed E-state index contributed by atoms with van der Waals surface area (Å²) >= 11 is 0. The van der Waals surface area contributed by atoms with Crippen LogP contribution in [0.2, 0.25) is 0 Å². The molecule has 0 amide bonds. The van der Waals surface area contributed by atoms with Crippen molar-refractivity contribution in [2.24, 2.45) is 5.92 Å². The standard InChI is InChI=1S/C19H29FN2O5S/c1-14(17-11-16(7-8-18(17)20)27-13-15-5-6-15)22-28(25,26)10-4-2-3-9-21-12-19(23)24/h7-8,11,14-15,21-22H,2-6,9-10,12-13H2,1H3,(H,23,24). The molecule has 28 heavy (non-hydrogen) atoms. The molecule has 2 rings (SSSR count). The van der Waals surface area contributed by atoms with Crippen molar-refractivity contribution in [3.8, 4) is 5.75 Å². The predicted molar refractivity (Wildman–Crippen MR) is 104 cm³/mol. The molecule has 1 aliphatic carbocycles. The molecule has 0 bridgehead atoms. The number of nitrogens with one attached hydrogen (secondary N) is 2. The Balaban J connectivity index is 1.77. The van der Waals surface area contributed by atoms with Crippen molar-refractivity contribution in [1.29, 1.82) is 0 Å². The fourth-order valence-corrected chi connectivity index (χ4v) is 4.12. The van der Waals surface area contributed by atoms with Crippen molar-refractivity contribution in [2.45, 2.75) is 45.1 Å². The maximum atomic E-state index is 14.1. The van der Waals surface area contributed by atoms with E-state index in [2.05, 4.69) is 10.0 Å². The van der Waals surface area contributed by atoms with Crippen LogP contribution in [0.5, 0.6) is 5.75 Å². The van der Waals surface area contributed by atoms with Gasteiger partial charge in [0.05, 0.1) is 18.9 Å². The first-order valence-electron chi connectivity index (χ1n) is 9.61. The zero-order valence-electron chi connectivity index (χ0n) is 16.1. The maximum Gasteiger partial charge on any atom is 0.317 e. The average Bonchev–Trinajstić information content (AvgIpc) is 3.43. The number of unbranched alkanes of at least 4 members (excludes halogenated alkanes) is 2. The number of benzene rings is 1. The van der Waals surface area contributed by atoms with Gasteiger partial charge in [-0.3, -0.25) is 4.79 Å². The second kappa shape index (κ2) is 10.7. The number of hydrogen-bond acceptors (Lipinski definition) is 5. The van der Waals surface area contributed by atoms with Gasteiger partial charge in [0.1, 0.15) is 11.6 Å². The third kappa shape index (κ3) is 8.53. The van der Waals surface area contributed by atoms with Crippen LogP contribution in [0.3, 0.4) is 0 Å². The smallest absolute Gasteiger partial charge is 0.317 e. The topological polar surface area (TPSA) is 105 Å². The summed E-state index contributed by atoms with van der Waals surface area (Å²) < 4.78 is 46.8. The molecule has 1 aliphatic rings. The van der Waals surface area contributed by atoms with Crippen molar-refractivity contribution >= 4 is 16.0 Å². The Bertz CT molecular complexity index is 753. The van der Waals surface area contributed by atoms with Crippen LogP contribution < -0.4 is 14.8 Å². The first-order valence-corrected chi connectivity index (χ1v) is 11.3. The second-order valence-electron chi connectivity index (χ2n) is 7.23. The van der Waals surface area contributed by atoms with Crippen LogP contribution in [0.15, 0.2) is 18.2 Å². The number of carboxylic acid groups (broad SMARTS) is 1. The van der Waals surface area contributed by atoms with Gasteiger partial charge in [-0.15, -0.1) is 0 Å². The molecule has 0 aliphatic heterocycles. The van der Waals surface area contributed by atoms with Gasteiger partial charge in [0.2, 0.25) is 10.0 Å². The van der Waals surface area contributed by atoms with E-state index in [1.54, 1.807) is 19.1 Å². The minimum atomic E-state index is -3.55. The van der Waals surface area contributed by atoms with E-state index >= 15 is 0 Å². The fourth-order valence-electron chi connectivity index (χ4n) is 2.75. The number of rotatable bonds is 14. The minimum Gasteiger partial charge on any atom is -0.493 e. The van der Waals surface area contributed by atoms with E-state index in [1.165, 1.54) is 6.07 Å². The molecule has 1 unspecified atom stereocenters. The van der Waals surface area contributed by atoms with Crippen molar-refractivity contribution in [1.82, 2.24) is 10.0 Å². The van der Waals surface area contributed by atoms with Crippen LogP contribution in [0.25, 0.3) is 0 Å². The summed E-state index contributed by atoms with van der Waals surface area (Å²) in [6.45, 7) is 2.63. The second-order valence-corrected chi connectivity index (χ2v) is 9.10. The average molecular weight is 417 g/mol. The number of hydrogen-bond donors (Lipinski definition) is 3. The molecule has 1 aromatic carbocycles. The number of ether oxygens (including phenoxy) is 1. The van der Waals surface area contributed by atoms with Gasteiger partial charge in [-0.05, 0) is 63.3 Å². The van der Waals surface area contributed by atoms with Gasteiger partial charge in [0.25, 0.3) is 0 Å². The van der Waals surface area contributed by atoms with E-state index in [0.29, 0.717) is 44.1 Å². The van der Waals surface area contributed by atoms with Gasteiger partial charge in [-0.2, -0.15) is 0 Å². The van der Waals surface area contributed by atoms with Crippen LogP contribution in [0.1, 0.15) is 50.6 Å². The van der Waals surface area contributed by atoms with Gasteiger partial charge in [-0.25, -0.2) is 17.5 Å². The monoisotopic (exact) mass is 416 g/mol. The molecule has 9 heteroatoms.